The molecule has 0 amide bonds. The number of rotatable bonds is 7. The molecule has 36 heavy (non-hydrogen) atoms. The predicted molar refractivity (Wildman–Crippen MR) is 137 cm³/mol. The molecule has 1 heterocycles. The Morgan fingerprint density at radius 2 is 1.58 bits per heavy atom. The molecule has 4 rings (SSSR count). The first-order chi connectivity index (χ1) is 17.3. The monoisotopic (exact) mass is 504 g/mol. The van der Waals surface area contributed by atoms with Crippen molar-refractivity contribution < 1.29 is 19.5 Å². The molecule has 4 aromatic rings. The number of nitrogens with zero attached hydrogens (tertiary/aromatic N) is 2. The lowest BCUT2D eigenvalue weighted by molar-refractivity contribution is 0.0697. The molecule has 0 aliphatic heterocycles. The van der Waals surface area contributed by atoms with Gasteiger partial charge in [0.15, 0.2) is 0 Å². The highest BCUT2D eigenvalue weighted by molar-refractivity contribution is 6.30. The van der Waals surface area contributed by atoms with Gasteiger partial charge in [0.1, 0.15) is 5.82 Å². The maximum Gasteiger partial charge on any atom is 0.335 e. The Bertz CT molecular complexity index is 1500. The lowest BCUT2D eigenvalue weighted by Crippen LogP contribution is -2.18. The van der Waals surface area contributed by atoms with Gasteiger partial charge < -0.3 is 14.9 Å². The van der Waals surface area contributed by atoms with Crippen LogP contribution in [0.4, 0.5) is 4.39 Å². The minimum atomic E-state index is -0.996. The second-order valence-electron chi connectivity index (χ2n) is 8.34. The molecule has 0 saturated carbocycles. The molecule has 1 unspecified atom stereocenters. The molecule has 1 aromatic heterocycles. The molecule has 8 heteroatoms. The van der Waals surface area contributed by atoms with Crippen molar-refractivity contribution in [3.05, 3.63) is 129 Å². The fourth-order valence-electron chi connectivity index (χ4n) is 4.08. The van der Waals surface area contributed by atoms with E-state index in [1.165, 1.54) is 28.8 Å². The van der Waals surface area contributed by atoms with Crippen LogP contribution in [0.15, 0.2) is 95.0 Å². The van der Waals surface area contributed by atoms with Crippen molar-refractivity contribution in [2.45, 2.75) is 12.3 Å². The molecule has 0 fully saturated rings. The van der Waals surface area contributed by atoms with Crippen LogP contribution in [0.3, 0.4) is 0 Å². The molecule has 6 nitrogen and oxygen atoms in total. The van der Waals surface area contributed by atoms with E-state index in [-0.39, 0.29) is 22.6 Å². The number of pyridine rings is 1. The third kappa shape index (κ3) is 5.37. The first kappa shape index (κ1) is 24.9. The highest BCUT2D eigenvalue weighted by Gasteiger charge is 2.22. The lowest BCUT2D eigenvalue weighted by Gasteiger charge is -2.20. The summed E-state index contributed by atoms with van der Waals surface area (Å²) in [5, 5.41) is 22.6. The molecule has 3 aromatic carbocycles. The van der Waals surface area contributed by atoms with Crippen molar-refractivity contribution >= 4 is 23.3 Å². The maximum absolute atomic E-state index is 15.0. The average molecular weight is 505 g/mol. The summed E-state index contributed by atoms with van der Waals surface area (Å²) < 4.78 is 16.4. The van der Waals surface area contributed by atoms with Crippen LogP contribution in [0.5, 0.6) is 0 Å². The van der Waals surface area contributed by atoms with Gasteiger partial charge in [0, 0.05) is 42.2 Å². The number of hydrogen-bond donors (Lipinski definition) is 2. The van der Waals surface area contributed by atoms with Crippen LogP contribution < -0.4 is 5.56 Å². The lowest BCUT2D eigenvalue weighted by atomic mass is 9.84. The van der Waals surface area contributed by atoms with Gasteiger partial charge in [0.05, 0.1) is 11.3 Å². The smallest absolute Gasteiger partial charge is 0.335 e. The summed E-state index contributed by atoms with van der Waals surface area (Å²) in [5.41, 5.74) is 3.67. The summed E-state index contributed by atoms with van der Waals surface area (Å²) in [4.78, 5) is 22.9. The Labute approximate surface area is 211 Å². The van der Waals surface area contributed by atoms with E-state index in [2.05, 4.69) is 5.16 Å². The van der Waals surface area contributed by atoms with Crippen LogP contribution in [0, 0.1) is 5.82 Å². The van der Waals surface area contributed by atoms with E-state index in [0.29, 0.717) is 16.8 Å². The third-order valence-corrected chi connectivity index (χ3v) is 6.29. The number of oxime groups is 1. The van der Waals surface area contributed by atoms with Crippen LogP contribution in [-0.2, 0) is 7.05 Å². The van der Waals surface area contributed by atoms with E-state index in [1.54, 1.807) is 43.6 Å². The molecule has 0 aliphatic rings. The minimum absolute atomic E-state index is 0.153. The zero-order chi connectivity index (χ0) is 25.8. The van der Waals surface area contributed by atoms with Crippen LogP contribution in [0.1, 0.15) is 39.4 Å². The van der Waals surface area contributed by atoms with Crippen LogP contribution >= 0.6 is 11.6 Å². The zero-order valence-corrected chi connectivity index (χ0v) is 20.0. The molecule has 0 radical (unpaired) electrons. The van der Waals surface area contributed by atoms with Gasteiger partial charge in [-0.15, -0.1) is 0 Å². The molecule has 0 spiro atoms. The second kappa shape index (κ2) is 10.6. The third-order valence-electron chi connectivity index (χ3n) is 6.05. The number of aryl methyl sites for hydroxylation is 1. The van der Waals surface area contributed by atoms with Crippen LogP contribution in [0.25, 0.3) is 11.1 Å². The number of aromatic carboxylic acids is 1. The topological polar surface area (TPSA) is 91.9 Å². The van der Waals surface area contributed by atoms with Gasteiger partial charge >= 0.3 is 5.97 Å². The standard InChI is InChI=1S/C28H22ClFN2O4/c1-32-16-21(10-13-27(32)33)26(31-36)15-24(23-12-11-22(29)14-25(23)30)19-6-2-17(3-7-19)18-4-8-20(9-5-18)28(34)35/h2-14,16,24,36H,15H2,1H3,(H,34,35). The number of aromatic nitrogens is 1. The van der Waals surface area contributed by atoms with Crippen molar-refractivity contribution in [1.29, 1.82) is 0 Å². The summed E-state index contributed by atoms with van der Waals surface area (Å²) in [6, 6.07) is 21.4. The molecule has 0 bridgehead atoms. The average Bonchev–Trinajstić information content (AvgIpc) is 2.87. The molecule has 2 N–H and O–H groups in total. The molecular weight excluding hydrogens is 483 g/mol. The Balaban J connectivity index is 1.72. The Hall–Kier alpha value is -4.23. The number of carboxylic acids is 1. The van der Waals surface area contributed by atoms with Crippen molar-refractivity contribution in [3.8, 4) is 11.1 Å². The number of carbonyl (C=O) groups is 1. The van der Waals surface area contributed by atoms with Gasteiger partial charge in [0.2, 0.25) is 5.56 Å². The quantitative estimate of drug-likeness (QED) is 0.185. The summed E-state index contributed by atoms with van der Waals surface area (Å²) in [6.07, 6.45) is 1.72. The summed E-state index contributed by atoms with van der Waals surface area (Å²) in [5.74, 6) is -2.00. The summed E-state index contributed by atoms with van der Waals surface area (Å²) in [7, 11) is 1.60. The van der Waals surface area contributed by atoms with Crippen molar-refractivity contribution in [1.82, 2.24) is 4.57 Å². The summed E-state index contributed by atoms with van der Waals surface area (Å²) >= 11 is 5.98. The maximum atomic E-state index is 15.0. The highest BCUT2D eigenvalue weighted by Crippen LogP contribution is 2.34. The first-order valence-electron chi connectivity index (χ1n) is 11.0. The van der Waals surface area contributed by atoms with Crippen LogP contribution in [0.2, 0.25) is 5.02 Å². The SMILES string of the molecule is Cn1cc(C(CC(c2ccc(-c3ccc(C(=O)O)cc3)cc2)c2ccc(Cl)cc2F)=NO)ccc1=O. The van der Waals surface area contributed by atoms with E-state index in [4.69, 9.17) is 16.7 Å². The van der Waals surface area contributed by atoms with Gasteiger partial charge in [-0.3, -0.25) is 4.79 Å². The number of hydrogen-bond acceptors (Lipinski definition) is 4. The van der Waals surface area contributed by atoms with E-state index in [1.807, 2.05) is 24.3 Å². The van der Waals surface area contributed by atoms with Gasteiger partial charge in [-0.1, -0.05) is 59.2 Å². The van der Waals surface area contributed by atoms with Crippen LogP contribution in [-0.4, -0.2) is 26.6 Å². The predicted octanol–water partition coefficient (Wildman–Crippen LogP) is 5.94. The van der Waals surface area contributed by atoms with Gasteiger partial charge in [-0.05, 0) is 52.6 Å². The number of carboxylic acid groups (broad SMARTS) is 1. The highest BCUT2D eigenvalue weighted by atomic mass is 35.5. The van der Waals surface area contributed by atoms with Gasteiger partial charge in [-0.25, -0.2) is 9.18 Å². The van der Waals surface area contributed by atoms with Crippen molar-refractivity contribution in [2.24, 2.45) is 12.2 Å². The molecular formula is C28H22ClFN2O4. The van der Waals surface area contributed by atoms with Crippen molar-refractivity contribution in [3.63, 3.8) is 0 Å². The van der Waals surface area contributed by atoms with Crippen molar-refractivity contribution in [2.75, 3.05) is 0 Å². The molecule has 0 aliphatic carbocycles. The van der Waals surface area contributed by atoms with Gasteiger partial charge in [-0.2, -0.15) is 0 Å². The Kier molecular flexibility index (Phi) is 7.31. The van der Waals surface area contributed by atoms with E-state index in [0.717, 1.165) is 16.7 Å². The Morgan fingerprint density at radius 1 is 0.972 bits per heavy atom. The number of benzene rings is 3. The van der Waals surface area contributed by atoms with E-state index >= 15 is 4.39 Å². The molecule has 1 atom stereocenters. The summed E-state index contributed by atoms with van der Waals surface area (Å²) in [6.45, 7) is 0. The zero-order valence-electron chi connectivity index (χ0n) is 19.2. The fourth-order valence-corrected chi connectivity index (χ4v) is 4.24. The minimum Gasteiger partial charge on any atom is -0.478 e. The van der Waals surface area contributed by atoms with E-state index < -0.39 is 17.7 Å². The largest absolute Gasteiger partial charge is 0.478 e. The Morgan fingerprint density at radius 3 is 2.14 bits per heavy atom. The van der Waals surface area contributed by atoms with E-state index in [9.17, 15) is 14.8 Å². The normalized spacial score (nSPS) is 12.4. The first-order valence-corrected chi connectivity index (χ1v) is 11.4. The fraction of sp³-hybridized carbons (Fsp3) is 0.107. The second-order valence-corrected chi connectivity index (χ2v) is 8.78. The molecule has 0 saturated heterocycles. The number of halogens is 2. The van der Waals surface area contributed by atoms with Gasteiger partial charge in [0.25, 0.3) is 0 Å². The molecule has 182 valence electrons.